The molecule has 1 heterocycles. The van der Waals surface area contributed by atoms with Crippen LogP contribution >= 0.6 is 0 Å². The zero-order valence-corrected chi connectivity index (χ0v) is 12.8. The standard InChI is InChI=1S/C16H22N4/c1-12(2)20(15-18-10-17-11-19-15)14-8-6-13(7-9-14)16(3,4)5/h6-12H,1-5H3. The van der Waals surface area contributed by atoms with E-state index in [1.165, 1.54) is 18.2 Å². The summed E-state index contributed by atoms with van der Waals surface area (Å²) in [6.45, 7) is 10.9. The van der Waals surface area contributed by atoms with Gasteiger partial charge in [0, 0.05) is 11.7 Å². The summed E-state index contributed by atoms with van der Waals surface area (Å²) >= 11 is 0. The van der Waals surface area contributed by atoms with E-state index in [-0.39, 0.29) is 11.5 Å². The molecule has 1 aromatic heterocycles. The molecule has 0 amide bonds. The first-order valence-corrected chi connectivity index (χ1v) is 6.91. The van der Waals surface area contributed by atoms with Gasteiger partial charge in [0.1, 0.15) is 12.7 Å². The molecule has 0 atom stereocenters. The molecule has 1 aromatic carbocycles. The van der Waals surface area contributed by atoms with Crippen LogP contribution in [0.2, 0.25) is 0 Å². The van der Waals surface area contributed by atoms with Gasteiger partial charge in [0.25, 0.3) is 0 Å². The van der Waals surface area contributed by atoms with Gasteiger partial charge in [0.05, 0.1) is 0 Å². The lowest BCUT2D eigenvalue weighted by Gasteiger charge is -2.27. The largest absolute Gasteiger partial charge is 0.308 e. The van der Waals surface area contributed by atoms with Crippen molar-refractivity contribution >= 4 is 11.6 Å². The molecule has 0 unspecified atom stereocenters. The van der Waals surface area contributed by atoms with Gasteiger partial charge in [-0.05, 0) is 37.0 Å². The third kappa shape index (κ3) is 3.13. The lowest BCUT2D eigenvalue weighted by atomic mass is 9.87. The van der Waals surface area contributed by atoms with Crippen LogP contribution in [-0.4, -0.2) is 21.0 Å². The number of nitrogens with zero attached hydrogens (tertiary/aromatic N) is 4. The fourth-order valence-corrected chi connectivity index (χ4v) is 2.12. The molecule has 0 spiro atoms. The number of benzene rings is 1. The van der Waals surface area contributed by atoms with Gasteiger partial charge < -0.3 is 4.90 Å². The second-order valence-electron chi connectivity index (χ2n) is 6.20. The molecule has 4 heteroatoms. The van der Waals surface area contributed by atoms with Crippen LogP contribution in [0.15, 0.2) is 36.9 Å². The molecule has 0 N–H and O–H groups in total. The summed E-state index contributed by atoms with van der Waals surface area (Å²) in [5.74, 6) is 0.679. The van der Waals surface area contributed by atoms with Gasteiger partial charge in [0.2, 0.25) is 5.95 Å². The van der Waals surface area contributed by atoms with Crippen molar-refractivity contribution in [3.8, 4) is 0 Å². The second-order valence-corrected chi connectivity index (χ2v) is 6.20. The Morgan fingerprint density at radius 3 is 1.95 bits per heavy atom. The minimum absolute atomic E-state index is 0.161. The molecule has 2 rings (SSSR count). The Hall–Kier alpha value is -1.97. The molecule has 106 valence electrons. The Morgan fingerprint density at radius 1 is 0.950 bits per heavy atom. The summed E-state index contributed by atoms with van der Waals surface area (Å²) in [5, 5.41) is 0. The maximum Gasteiger partial charge on any atom is 0.233 e. The van der Waals surface area contributed by atoms with E-state index in [0.29, 0.717) is 5.95 Å². The summed E-state index contributed by atoms with van der Waals surface area (Å²) < 4.78 is 0. The minimum Gasteiger partial charge on any atom is -0.308 e. The topological polar surface area (TPSA) is 41.9 Å². The number of aromatic nitrogens is 3. The Balaban J connectivity index is 2.37. The molecule has 0 aliphatic heterocycles. The van der Waals surface area contributed by atoms with Gasteiger partial charge in [-0.2, -0.15) is 0 Å². The average Bonchev–Trinajstić information content (AvgIpc) is 2.39. The van der Waals surface area contributed by atoms with Crippen molar-refractivity contribution in [2.45, 2.75) is 46.1 Å². The summed E-state index contributed by atoms with van der Waals surface area (Å²) in [5.41, 5.74) is 2.58. The highest BCUT2D eigenvalue weighted by atomic mass is 15.3. The van der Waals surface area contributed by atoms with Crippen LogP contribution in [0.1, 0.15) is 40.2 Å². The van der Waals surface area contributed by atoms with Crippen molar-refractivity contribution < 1.29 is 0 Å². The highest BCUT2D eigenvalue weighted by Crippen LogP contribution is 2.28. The molecule has 0 aliphatic rings. The number of anilines is 2. The van der Waals surface area contributed by atoms with Crippen molar-refractivity contribution in [1.82, 2.24) is 15.0 Å². The molecule has 2 aromatic rings. The Morgan fingerprint density at radius 2 is 1.50 bits per heavy atom. The van der Waals surface area contributed by atoms with Crippen LogP contribution in [0.4, 0.5) is 11.6 Å². The van der Waals surface area contributed by atoms with Gasteiger partial charge in [-0.3, -0.25) is 0 Å². The van der Waals surface area contributed by atoms with Gasteiger partial charge in [-0.25, -0.2) is 15.0 Å². The third-order valence-electron chi connectivity index (χ3n) is 3.22. The maximum atomic E-state index is 4.25. The van der Waals surface area contributed by atoms with E-state index in [1.807, 2.05) is 0 Å². The second kappa shape index (κ2) is 5.57. The van der Waals surface area contributed by atoms with Crippen LogP contribution in [0.25, 0.3) is 0 Å². The molecule has 0 saturated heterocycles. The highest BCUT2D eigenvalue weighted by Gasteiger charge is 2.17. The van der Waals surface area contributed by atoms with Crippen molar-refractivity contribution in [2.75, 3.05) is 4.90 Å². The summed E-state index contributed by atoms with van der Waals surface area (Å²) in [7, 11) is 0. The first kappa shape index (κ1) is 14.4. The van der Waals surface area contributed by atoms with Crippen LogP contribution in [-0.2, 0) is 5.41 Å². The van der Waals surface area contributed by atoms with Crippen LogP contribution < -0.4 is 4.90 Å². The number of hydrogen-bond donors (Lipinski definition) is 0. The number of hydrogen-bond acceptors (Lipinski definition) is 4. The van der Waals surface area contributed by atoms with E-state index in [4.69, 9.17) is 0 Å². The molecule has 0 fully saturated rings. The van der Waals surface area contributed by atoms with E-state index in [9.17, 15) is 0 Å². The van der Waals surface area contributed by atoms with Crippen molar-refractivity contribution in [2.24, 2.45) is 0 Å². The Kier molecular flexibility index (Phi) is 4.02. The molecular formula is C16H22N4. The lowest BCUT2D eigenvalue weighted by Crippen LogP contribution is -2.27. The van der Waals surface area contributed by atoms with Crippen LogP contribution in [0, 0.1) is 0 Å². The molecule has 0 aliphatic carbocycles. The van der Waals surface area contributed by atoms with E-state index < -0.39 is 0 Å². The van der Waals surface area contributed by atoms with Gasteiger partial charge >= 0.3 is 0 Å². The highest BCUT2D eigenvalue weighted by molar-refractivity contribution is 5.58. The zero-order valence-electron chi connectivity index (χ0n) is 12.8. The molecule has 4 nitrogen and oxygen atoms in total. The predicted molar refractivity (Wildman–Crippen MR) is 82.2 cm³/mol. The Labute approximate surface area is 120 Å². The molecule has 0 radical (unpaired) electrons. The average molecular weight is 270 g/mol. The maximum absolute atomic E-state index is 4.25. The van der Waals surface area contributed by atoms with Crippen LogP contribution in [0.3, 0.4) is 0 Å². The molecule has 0 saturated carbocycles. The van der Waals surface area contributed by atoms with Gasteiger partial charge in [-0.15, -0.1) is 0 Å². The first-order chi connectivity index (χ1) is 9.39. The minimum atomic E-state index is 0.161. The van der Waals surface area contributed by atoms with Crippen LogP contribution in [0.5, 0.6) is 0 Å². The van der Waals surface area contributed by atoms with E-state index in [2.05, 4.69) is 78.7 Å². The van der Waals surface area contributed by atoms with Crippen molar-refractivity contribution in [1.29, 1.82) is 0 Å². The first-order valence-electron chi connectivity index (χ1n) is 6.91. The summed E-state index contributed by atoms with van der Waals surface area (Å²) in [6, 6.07) is 8.88. The lowest BCUT2D eigenvalue weighted by molar-refractivity contribution is 0.590. The van der Waals surface area contributed by atoms with E-state index >= 15 is 0 Å². The normalized spacial score (nSPS) is 11.7. The zero-order chi connectivity index (χ0) is 14.8. The number of rotatable bonds is 3. The third-order valence-corrected chi connectivity index (χ3v) is 3.22. The monoisotopic (exact) mass is 270 g/mol. The fraction of sp³-hybridized carbons (Fsp3) is 0.438. The van der Waals surface area contributed by atoms with E-state index in [0.717, 1.165) is 5.69 Å². The fourth-order valence-electron chi connectivity index (χ4n) is 2.12. The quantitative estimate of drug-likeness (QED) is 0.852. The summed E-state index contributed by atoms with van der Waals surface area (Å²) in [4.78, 5) is 14.5. The molecule has 20 heavy (non-hydrogen) atoms. The van der Waals surface area contributed by atoms with Gasteiger partial charge in [-0.1, -0.05) is 32.9 Å². The Bertz CT molecular complexity index is 541. The SMILES string of the molecule is CC(C)N(c1ccc(C(C)(C)C)cc1)c1ncncn1. The molecule has 0 bridgehead atoms. The van der Waals surface area contributed by atoms with E-state index in [1.54, 1.807) is 0 Å². The smallest absolute Gasteiger partial charge is 0.233 e. The van der Waals surface area contributed by atoms with Crippen molar-refractivity contribution in [3.05, 3.63) is 42.5 Å². The van der Waals surface area contributed by atoms with Gasteiger partial charge in [0.15, 0.2) is 0 Å². The predicted octanol–water partition coefficient (Wildman–Crippen LogP) is 3.72. The van der Waals surface area contributed by atoms with Crippen molar-refractivity contribution in [3.63, 3.8) is 0 Å². The molecular weight excluding hydrogens is 248 g/mol. The summed E-state index contributed by atoms with van der Waals surface area (Å²) in [6.07, 6.45) is 3.06.